The first-order valence-corrected chi connectivity index (χ1v) is 6.41. The number of hydrogen-bond donors (Lipinski definition) is 2. The van der Waals surface area contributed by atoms with E-state index in [0.29, 0.717) is 17.9 Å². The van der Waals surface area contributed by atoms with E-state index in [1.54, 1.807) is 11.3 Å². The van der Waals surface area contributed by atoms with E-state index < -0.39 is 17.8 Å². The van der Waals surface area contributed by atoms with Gasteiger partial charge in [-0.1, -0.05) is 6.07 Å². The van der Waals surface area contributed by atoms with Crippen LogP contribution in [0.1, 0.15) is 25.2 Å². The van der Waals surface area contributed by atoms with E-state index in [0.717, 1.165) is 0 Å². The van der Waals surface area contributed by atoms with Crippen LogP contribution in [0.15, 0.2) is 24.4 Å². The molecule has 104 valence electrons. The summed E-state index contributed by atoms with van der Waals surface area (Å²) in [5.74, 6) is -1.49. The summed E-state index contributed by atoms with van der Waals surface area (Å²) in [7, 11) is 0. The van der Waals surface area contributed by atoms with Crippen molar-refractivity contribution >= 4 is 17.5 Å². The predicted molar refractivity (Wildman–Crippen MR) is 68.8 cm³/mol. The molecule has 7 heteroatoms. The highest BCUT2D eigenvalue weighted by molar-refractivity contribution is 5.89. The van der Waals surface area contributed by atoms with Gasteiger partial charge in [0.1, 0.15) is 0 Å². The number of nitrogens with zero attached hydrogens (tertiary/aromatic N) is 3. The molecule has 0 unspecified atom stereocenters. The Morgan fingerprint density at radius 3 is 2.90 bits per heavy atom. The maximum absolute atomic E-state index is 11.9. The van der Waals surface area contributed by atoms with Gasteiger partial charge in [0.05, 0.1) is 17.9 Å². The van der Waals surface area contributed by atoms with Gasteiger partial charge in [-0.25, -0.2) is 0 Å². The number of hydrogen-bond acceptors (Lipinski definition) is 4. The summed E-state index contributed by atoms with van der Waals surface area (Å²) in [5, 5.41) is 19.7. The fraction of sp³-hybridized carbons (Fsp3) is 0.385. The molecule has 2 aromatic heterocycles. The summed E-state index contributed by atoms with van der Waals surface area (Å²) in [6.45, 7) is 1.81. The first kappa shape index (κ1) is 12.6. The fourth-order valence-corrected chi connectivity index (χ4v) is 2.30. The molecule has 0 radical (unpaired) electrons. The van der Waals surface area contributed by atoms with Gasteiger partial charge in [0.25, 0.3) is 0 Å². The van der Waals surface area contributed by atoms with Gasteiger partial charge in [0, 0.05) is 6.20 Å². The molecule has 2 heterocycles. The zero-order valence-electron chi connectivity index (χ0n) is 10.9. The molecule has 3 rings (SSSR count). The number of aromatic nitrogens is 3. The van der Waals surface area contributed by atoms with Gasteiger partial charge in [-0.2, -0.15) is 0 Å². The molecule has 20 heavy (non-hydrogen) atoms. The van der Waals surface area contributed by atoms with Crippen LogP contribution >= 0.6 is 0 Å². The quantitative estimate of drug-likeness (QED) is 0.852. The van der Waals surface area contributed by atoms with Crippen LogP contribution in [0, 0.1) is 11.8 Å². The number of carbonyl (C=O) groups is 2. The van der Waals surface area contributed by atoms with Crippen molar-refractivity contribution in [2.24, 2.45) is 11.8 Å². The molecule has 0 spiro atoms. The third kappa shape index (κ3) is 2.11. The number of nitrogens with one attached hydrogen (secondary N) is 1. The summed E-state index contributed by atoms with van der Waals surface area (Å²) < 4.78 is 1.80. The zero-order valence-corrected chi connectivity index (χ0v) is 10.9. The van der Waals surface area contributed by atoms with Crippen LogP contribution in [0.2, 0.25) is 0 Å². The molecule has 3 atom stereocenters. The van der Waals surface area contributed by atoms with E-state index in [4.69, 9.17) is 5.11 Å². The molecule has 1 aliphatic carbocycles. The number of carboxylic acids is 1. The molecule has 0 bridgehead atoms. The molecular weight excluding hydrogens is 260 g/mol. The van der Waals surface area contributed by atoms with Crippen LogP contribution in [0.25, 0.3) is 5.65 Å². The van der Waals surface area contributed by atoms with Crippen LogP contribution in [0.4, 0.5) is 0 Å². The topological polar surface area (TPSA) is 96.6 Å². The average molecular weight is 274 g/mol. The van der Waals surface area contributed by atoms with E-state index in [1.165, 1.54) is 0 Å². The highest BCUT2D eigenvalue weighted by Gasteiger charge is 2.48. The van der Waals surface area contributed by atoms with Crippen LogP contribution in [0.5, 0.6) is 0 Å². The van der Waals surface area contributed by atoms with Gasteiger partial charge < -0.3 is 10.4 Å². The first-order valence-electron chi connectivity index (χ1n) is 6.41. The summed E-state index contributed by atoms with van der Waals surface area (Å²) in [4.78, 5) is 22.7. The molecule has 1 aliphatic rings. The average Bonchev–Trinajstić information content (AvgIpc) is 3.12. The van der Waals surface area contributed by atoms with Crippen LogP contribution in [-0.4, -0.2) is 31.6 Å². The third-order valence-corrected chi connectivity index (χ3v) is 3.53. The Kier molecular flexibility index (Phi) is 2.89. The van der Waals surface area contributed by atoms with Gasteiger partial charge >= 0.3 is 5.97 Å². The number of fused-ring (bicyclic) bond motifs is 1. The molecule has 1 fully saturated rings. The number of carboxylic acid groups (broad SMARTS) is 1. The second-order valence-electron chi connectivity index (χ2n) is 5.00. The minimum absolute atomic E-state index is 0.238. The van der Waals surface area contributed by atoms with Crippen LogP contribution in [-0.2, 0) is 9.59 Å². The fourth-order valence-electron chi connectivity index (χ4n) is 2.30. The summed E-state index contributed by atoms with van der Waals surface area (Å²) in [5.41, 5.74) is 0.707. The lowest BCUT2D eigenvalue weighted by Crippen LogP contribution is -2.30. The Morgan fingerprint density at radius 1 is 1.40 bits per heavy atom. The molecule has 2 N–H and O–H groups in total. The number of aliphatic carboxylic acids is 1. The smallest absolute Gasteiger partial charge is 0.307 e. The molecule has 1 amide bonds. The largest absolute Gasteiger partial charge is 0.481 e. The second-order valence-corrected chi connectivity index (χ2v) is 5.00. The monoisotopic (exact) mass is 274 g/mol. The van der Waals surface area contributed by atoms with Crippen molar-refractivity contribution in [2.45, 2.75) is 19.4 Å². The van der Waals surface area contributed by atoms with E-state index >= 15 is 0 Å². The molecule has 0 saturated heterocycles. The van der Waals surface area contributed by atoms with Gasteiger partial charge in [0.15, 0.2) is 11.5 Å². The second kappa shape index (κ2) is 4.59. The lowest BCUT2D eigenvalue weighted by atomic mass is 10.2. The van der Waals surface area contributed by atoms with Gasteiger partial charge in [0.2, 0.25) is 5.91 Å². The van der Waals surface area contributed by atoms with E-state index in [1.807, 2.05) is 24.4 Å². The molecule has 2 aromatic rings. The number of rotatable bonds is 4. The Bertz CT molecular complexity index is 681. The number of pyridine rings is 1. The minimum Gasteiger partial charge on any atom is -0.481 e. The predicted octanol–water partition coefficient (Wildman–Crippen LogP) is 0.627. The van der Waals surface area contributed by atoms with Crippen molar-refractivity contribution in [1.82, 2.24) is 19.9 Å². The van der Waals surface area contributed by atoms with E-state index in [2.05, 4.69) is 15.5 Å². The SMILES string of the molecule is C[C@H](NC(=O)[C@@H]1C[C@@H]1C(=O)O)c1nnc2ccccn12. The highest BCUT2D eigenvalue weighted by atomic mass is 16.4. The molecular formula is C13H14N4O3. The van der Waals surface area contributed by atoms with Gasteiger partial charge in [-0.15, -0.1) is 10.2 Å². The maximum atomic E-state index is 11.9. The Morgan fingerprint density at radius 2 is 2.20 bits per heavy atom. The lowest BCUT2D eigenvalue weighted by molar-refractivity contribution is -0.140. The Labute approximate surface area is 114 Å². The number of carbonyl (C=O) groups excluding carboxylic acids is 1. The van der Waals surface area contributed by atoms with Gasteiger partial charge in [-0.05, 0) is 25.5 Å². The third-order valence-electron chi connectivity index (χ3n) is 3.53. The summed E-state index contributed by atoms with van der Waals surface area (Å²) in [6.07, 6.45) is 2.24. The normalized spacial score (nSPS) is 22.4. The molecule has 1 saturated carbocycles. The number of amides is 1. The zero-order chi connectivity index (χ0) is 14.3. The molecule has 0 aromatic carbocycles. The first-order chi connectivity index (χ1) is 9.58. The molecule has 0 aliphatic heterocycles. The van der Waals surface area contributed by atoms with E-state index in [9.17, 15) is 9.59 Å². The van der Waals surface area contributed by atoms with Crippen molar-refractivity contribution in [3.8, 4) is 0 Å². The highest BCUT2D eigenvalue weighted by Crippen LogP contribution is 2.39. The van der Waals surface area contributed by atoms with Crippen molar-refractivity contribution in [2.75, 3.05) is 0 Å². The maximum Gasteiger partial charge on any atom is 0.307 e. The minimum atomic E-state index is -0.911. The summed E-state index contributed by atoms with van der Waals surface area (Å²) in [6, 6.07) is 5.22. The molecule has 7 nitrogen and oxygen atoms in total. The van der Waals surface area contributed by atoms with Gasteiger partial charge in [-0.3, -0.25) is 14.0 Å². The Hall–Kier alpha value is -2.44. The van der Waals surface area contributed by atoms with Crippen LogP contribution in [0.3, 0.4) is 0 Å². The van der Waals surface area contributed by atoms with Crippen molar-refractivity contribution in [1.29, 1.82) is 0 Å². The Balaban J connectivity index is 1.72. The van der Waals surface area contributed by atoms with E-state index in [-0.39, 0.29) is 11.9 Å². The van der Waals surface area contributed by atoms with Crippen LogP contribution < -0.4 is 5.32 Å². The lowest BCUT2D eigenvalue weighted by Gasteiger charge is -2.12. The van der Waals surface area contributed by atoms with Crippen molar-refractivity contribution in [3.05, 3.63) is 30.2 Å². The van der Waals surface area contributed by atoms with Crippen molar-refractivity contribution in [3.63, 3.8) is 0 Å². The summed E-state index contributed by atoms with van der Waals surface area (Å²) >= 11 is 0. The van der Waals surface area contributed by atoms with Crippen molar-refractivity contribution < 1.29 is 14.7 Å². The standard InChI is InChI=1S/C13H14N4O3/c1-7(14-12(18)8-6-9(8)13(19)20)11-16-15-10-4-2-3-5-17(10)11/h2-5,7-9H,6H2,1H3,(H,14,18)(H,19,20)/t7-,8+,9-/m0/s1.